The molecule has 24 heavy (non-hydrogen) atoms. The average molecular weight is 353 g/mol. The molecule has 1 aromatic carbocycles. The van der Waals surface area contributed by atoms with Crippen molar-refractivity contribution in [3.05, 3.63) is 34.9 Å². The van der Waals surface area contributed by atoms with Crippen LogP contribution in [0.15, 0.2) is 24.3 Å². The van der Waals surface area contributed by atoms with Crippen LogP contribution in [-0.2, 0) is 11.3 Å². The number of urea groups is 1. The van der Waals surface area contributed by atoms with Crippen molar-refractivity contribution < 1.29 is 9.59 Å². The molecule has 1 aliphatic rings. The van der Waals surface area contributed by atoms with Crippen molar-refractivity contribution in [2.45, 2.75) is 32.4 Å². The third kappa shape index (κ3) is 5.69. The molecule has 1 fully saturated rings. The number of carbonyl (C=O) groups excluding carboxylic acids is 2. The molecular weight excluding hydrogens is 328 g/mol. The smallest absolute Gasteiger partial charge is 0.312 e. The van der Waals surface area contributed by atoms with E-state index in [2.05, 4.69) is 28.5 Å². The summed E-state index contributed by atoms with van der Waals surface area (Å²) in [5.74, 6) is 0.205. The molecule has 1 saturated heterocycles. The molecule has 2 atom stereocenters. The highest BCUT2D eigenvalue weighted by atomic mass is 35.5. The van der Waals surface area contributed by atoms with Crippen molar-refractivity contribution in [3.8, 4) is 0 Å². The van der Waals surface area contributed by atoms with Crippen LogP contribution in [0.1, 0.15) is 25.3 Å². The Labute approximate surface area is 147 Å². The van der Waals surface area contributed by atoms with Gasteiger partial charge in [0.2, 0.25) is 5.91 Å². The van der Waals surface area contributed by atoms with Crippen LogP contribution in [0, 0.1) is 5.92 Å². The number of nitrogens with zero attached hydrogens (tertiary/aromatic N) is 1. The minimum atomic E-state index is -0.690. The predicted octanol–water partition coefficient (Wildman–Crippen LogP) is 1.72. The summed E-state index contributed by atoms with van der Waals surface area (Å²) < 4.78 is 0. The van der Waals surface area contributed by atoms with Gasteiger partial charge in [-0.1, -0.05) is 37.1 Å². The highest BCUT2D eigenvalue weighted by Crippen LogP contribution is 2.24. The highest BCUT2D eigenvalue weighted by Gasteiger charge is 2.32. The maximum absolute atomic E-state index is 11.9. The van der Waals surface area contributed by atoms with E-state index in [1.807, 2.05) is 18.2 Å². The number of hydrogen-bond acceptors (Lipinski definition) is 3. The summed E-state index contributed by atoms with van der Waals surface area (Å²) in [6, 6.07) is 7.24. The second-order valence-electron chi connectivity index (χ2n) is 6.26. The van der Waals surface area contributed by atoms with Crippen LogP contribution in [0.25, 0.3) is 0 Å². The van der Waals surface area contributed by atoms with Gasteiger partial charge in [0, 0.05) is 30.7 Å². The minimum absolute atomic E-state index is 0.0844. The Bertz CT molecular complexity index is 581. The number of rotatable bonds is 7. The van der Waals surface area contributed by atoms with Crippen molar-refractivity contribution >= 4 is 23.5 Å². The van der Waals surface area contributed by atoms with Gasteiger partial charge in [0.25, 0.3) is 0 Å². The van der Waals surface area contributed by atoms with Gasteiger partial charge in [-0.2, -0.15) is 0 Å². The van der Waals surface area contributed by atoms with Gasteiger partial charge in [-0.3, -0.25) is 9.69 Å². The predicted molar refractivity (Wildman–Crippen MR) is 94.6 cm³/mol. The lowest BCUT2D eigenvalue weighted by atomic mass is 9.98. The molecule has 1 heterocycles. The number of benzene rings is 1. The van der Waals surface area contributed by atoms with Gasteiger partial charge in [-0.15, -0.1) is 0 Å². The van der Waals surface area contributed by atoms with Crippen LogP contribution in [0.5, 0.6) is 0 Å². The lowest BCUT2D eigenvalue weighted by Crippen LogP contribution is -2.46. The number of carbonyl (C=O) groups is 2. The van der Waals surface area contributed by atoms with E-state index in [1.54, 1.807) is 0 Å². The monoisotopic (exact) mass is 352 g/mol. The maximum Gasteiger partial charge on any atom is 0.312 e. The Morgan fingerprint density at radius 2 is 2.17 bits per heavy atom. The molecule has 0 unspecified atom stereocenters. The van der Waals surface area contributed by atoms with Gasteiger partial charge < -0.3 is 16.4 Å². The summed E-state index contributed by atoms with van der Waals surface area (Å²) in [5.41, 5.74) is 6.16. The average Bonchev–Trinajstić information content (AvgIpc) is 2.87. The molecule has 1 aliphatic heterocycles. The van der Waals surface area contributed by atoms with Gasteiger partial charge in [0.05, 0.1) is 6.54 Å². The topological polar surface area (TPSA) is 87.5 Å². The fourth-order valence-electron chi connectivity index (χ4n) is 3.24. The first-order valence-electron chi connectivity index (χ1n) is 8.27. The fourth-order valence-corrected chi connectivity index (χ4v) is 3.45. The fraction of sp³-hybridized carbons (Fsp3) is 0.529. The molecule has 6 nitrogen and oxygen atoms in total. The van der Waals surface area contributed by atoms with Crippen LogP contribution in [0.4, 0.5) is 4.79 Å². The number of halogens is 1. The summed E-state index contributed by atoms with van der Waals surface area (Å²) in [7, 11) is 0. The minimum Gasteiger partial charge on any atom is -0.352 e. The van der Waals surface area contributed by atoms with Gasteiger partial charge in [-0.25, -0.2) is 4.79 Å². The Morgan fingerprint density at radius 1 is 1.38 bits per heavy atom. The summed E-state index contributed by atoms with van der Waals surface area (Å²) in [5, 5.41) is 6.08. The van der Waals surface area contributed by atoms with E-state index in [-0.39, 0.29) is 18.5 Å². The van der Waals surface area contributed by atoms with E-state index < -0.39 is 6.03 Å². The van der Waals surface area contributed by atoms with Crippen molar-refractivity contribution in [1.82, 2.24) is 15.5 Å². The van der Waals surface area contributed by atoms with E-state index in [4.69, 9.17) is 17.3 Å². The van der Waals surface area contributed by atoms with Crippen LogP contribution in [0.3, 0.4) is 0 Å². The molecule has 2 rings (SSSR count). The number of nitrogens with one attached hydrogen (secondary N) is 2. The Balaban J connectivity index is 1.92. The molecular formula is C17H25ClN4O2. The van der Waals surface area contributed by atoms with Gasteiger partial charge in [0.15, 0.2) is 0 Å². The number of likely N-dealkylation sites (tertiary alicyclic amines) is 1. The molecule has 1 aromatic rings. The zero-order valence-corrected chi connectivity index (χ0v) is 14.7. The highest BCUT2D eigenvalue weighted by molar-refractivity contribution is 6.30. The molecule has 7 heteroatoms. The van der Waals surface area contributed by atoms with Crippen molar-refractivity contribution in [3.63, 3.8) is 0 Å². The van der Waals surface area contributed by atoms with Crippen molar-refractivity contribution in [2.75, 3.05) is 19.6 Å². The Kier molecular flexibility index (Phi) is 6.87. The third-order valence-electron chi connectivity index (χ3n) is 4.24. The van der Waals surface area contributed by atoms with E-state index in [0.29, 0.717) is 5.92 Å². The van der Waals surface area contributed by atoms with E-state index in [0.717, 1.165) is 37.5 Å². The van der Waals surface area contributed by atoms with Gasteiger partial charge >= 0.3 is 6.03 Å². The van der Waals surface area contributed by atoms with Crippen LogP contribution in [-0.4, -0.2) is 42.5 Å². The molecule has 0 saturated carbocycles. The molecule has 132 valence electrons. The lowest BCUT2D eigenvalue weighted by molar-refractivity contribution is -0.120. The molecule has 0 spiro atoms. The largest absolute Gasteiger partial charge is 0.352 e. The molecule has 0 radical (unpaired) electrons. The molecule has 0 bridgehead atoms. The van der Waals surface area contributed by atoms with Gasteiger partial charge in [0.1, 0.15) is 0 Å². The zero-order valence-electron chi connectivity index (χ0n) is 13.9. The lowest BCUT2D eigenvalue weighted by Gasteiger charge is -2.19. The normalized spacial score (nSPS) is 20.8. The van der Waals surface area contributed by atoms with E-state index in [9.17, 15) is 9.59 Å². The standard InChI is InChI=1S/C17H25ClN4O2/c1-2-4-13-10-22(9-12-5-3-6-14(18)7-12)11-15(13)21-16(23)8-20-17(19)24/h3,5-7,13,15H,2,4,8-11H2,1H3,(H,21,23)(H3,19,20,24)/t13-,15-/m0/s1. The van der Waals surface area contributed by atoms with E-state index >= 15 is 0 Å². The first-order chi connectivity index (χ1) is 11.5. The molecule has 0 aliphatic carbocycles. The van der Waals surface area contributed by atoms with Crippen LogP contribution >= 0.6 is 11.6 Å². The number of hydrogen-bond donors (Lipinski definition) is 3. The third-order valence-corrected chi connectivity index (χ3v) is 4.48. The number of primary amides is 1. The molecule has 3 amide bonds. The SMILES string of the molecule is CCC[C@H]1CN(Cc2cccc(Cl)c2)C[C@@H]1NC(=O)CNC(N)=O. The van der Waals surface area contributed by atoms with Crippen LogP contribution in [0.2, 0.25) is 5.02 Å². The van der Waals surface area contributed by atoms with Crippen molar-refractivity contribution in [2.24, 2.45) is 11.7 Å². The molecule has 4 N–H and O–H groups in total. The van der Waals surface area contributed by atoms with Crippen LogP contribution < -0.4 is 16.4 Å². The Hall–Kier alpha value is -1.79. The zero-order chi connectivity index (χ0) is 17.5. The van der Waals surface area contributed by atoms with E-state index in [1.165, 1.54) is 5.56 Å². The summed E-state index contributed by atoms with van der Waals surface area (Å²) in [6.45, 7) is 4.60. The summed E-state index contributed by atoms with van der Waals surface area (Å²) in [6.07, 6.45) is 2.13. The quantitative estimate of drug-likeness (QED) is 0.698. The number of nitrogens with two attached hydrogens (primary N) is 1. The van der Waals surface area contributed by atoms with Crippen molar-refractivity contribution in [1.29, 1.82) is 0 Å². The second-order valence-corrected chi connectivity index (χ2v) is 6.70. The summed E-state index contributed by atoms with van der Waals surface area (Å²) in [4.78, 5) is 25.0. The van der Waals surface area contributed by atoms with Gasteiger partial charge in [-0.05, 0) is 30.0 Å². The molecule has 0 aromatic heterocycles. The first-order valence-corrected chi connectivity index (χ1v) is 8.65. The second kappa shape index (κ2) is 8.89. The first kappa shape index (κ1) is 18.5. The maximum atomic E-state index is 11.9. The number of amides is 3. The summed E-state index contributed by atoms with van der Waals surface area (Å²) >= 11 is 6.05. The Morgan fingerprint density at radius 3 is 2.83 bits per heavy atom.